The van der Waals surface area contributed by atoms with E-state index in [1.54, 1.807) is 42.6 Å². The van der Waals surface area contributed by atoms with Crippen molar-refractivity contribution < 1.29 is 23.0 Å². The summed E-state index contributed by atoms with van der Waals surface area (Å²) in [5.74, 6) is 0.104. The van der Waals surface area contributed by atoms with Crippen LogP contribution in [0.2, 0.25) is 0 Å². The van der Waals surface area contributed by atoms with Crippen molar-refractivity contribution in [2.75, 3.05) is 25.1 Å². The van der Waals surface area contributed by atoms with E-state index in [1.807, 2.05) is 6.92 Å². The zero-order valence-electron chi connectivity index (χ0n) is 21.5. The largest absolute Gasteiger partial charge is 0.494 e. The molecule has 1 atom stereocenters. The molecule has 2 aromatic heterocycles. The molecule has 0 spiro atoms. The van der Waals surface area contributed by atoms with Crippen LogP contribution in [0.15, 0.2) is 54.7 Å². The van der Waals surface area contributed by atoms with Crippen molar-refractivity contribution in [1.29, 1.82) is 0 Å². The van der Waals surface area contributed by atoms with E-state index in [2.05, 4.69) is 25.5 Å². The summed E-state index contributed by atoms with van der Waals surface area (Å²) in [7, 11) is 0. The second-order valence-electron chi connectivity index (χ2n) is 9.57. The summed E-state index contributed by atoms with van der Waals surface area (Å²) in [6, 6.07) is 12.6. The number of nitrogens with one attached hydrogen (secondary N) is 2. The van der Waals surface area contributed by atoms with Crippen molar-refractivity contribution in [3.8, 4) is 16.9 Å². The van der Waals surface area contributed by atoms with Crippen molar-refractivity contribution in [1.82, 2.24) is 20.2 Å². The number of anilines is 1. The van der Waals surface area contributed by atoms with Crippen LogP contribution >= 0.6 is 0 Å². The molecule has 8 nitrogen and oxygen atoms in total. The maximum absolute atomic E-state index is 14.9. The first kappa shape index (κ1) is 26.4. The molecule has 1 aliphatic heterocycles. The van der Waals surface area contributed by atoms with Crippen LogP contribution in [0.3, 0.4) is 0 Å². The molecule has 3 heterocycles. The number of pyridine rings is 1. The van der Waals surface area contributed by atoms with Crippen LogP contribution < -0.4 is 10.1 Å². The molecule has 2 N–H and O–H groups in total. The Bertz CT molecular complexity index is 1450. The van der Waals surface area contributed by atoms with Crippen molar-refractivity contribution in [3.05, 3.63) is 89.1 Å². The summed E-state index contributed by atoms with van der Waals surface area (Å²) < 4.78 is 40.3. The molecule has 10 heteroatoms. The van der Waals surface area contributed by atoms with E-state index >= 15 is 0 Å². The van der Waals surface area contributed by atoms with Gasteiger partial charge in [0.2, 0.25) is 5.82 Å². The van der Waals surface area contributed by atoms with Gasteiger partial charge in [-0.15, -0.1) is 5.10 Å². The number of benzene rings is 2. The minimum absolute atomic E-state index is 0.116. The maximum atomic E-state index is 14.9. The van der Waals surface area contributed by atoms with E-state index in [1.165, 1.54) is 12.1 Å². The highest BCUT2D eigenvalue weighted by atomic mass is 19.1. The summed E-state index contributed by atoms with van der Waals surface area (Å²) in [5, 5.41) is 9.26. The number of hydrogen-bond acceptors (Lipinski definition) is 6. The van der Waals surface area contributed by atoms with E-state index in [0.29, 0.717) is 40.8 Å². The molecule has 39 heavy (non-hydrogen) atoms. The second kappa shape index (κ2) is 12.1. The first-order valence-corrected chi connectivity index (χ1v) is 12.9. The van der Waals surface area contributed by atoms with Gasteiger partial charge >= 0.3 is 0 Å². The normalized spacial score (nSPS) is 15.2. The van der Waals surface area contributed by atoms with Gasteiger partial charge in [0.05, 0.1) is 6.61 Å². The number of amides is 1. The van der Waals surface area contributed by atoms with Gasteiger partial charge in [-0.05, 0) is 79.1 Å². The van der Waals surface area contributed by atoms with E-state index < -0.39 is 11.7 Å². The van der Waals surface area contributed by atoms with Crippen LogP contribution in [0.1, 0.15) is 46.8 Å². The third-order valence-electron chi connectivity index (χ3n) is 6.67. The average molecular weight is 534 g/mol. The summed E-state index contributed by atoms with van der Waals surface area (Å²) >= 11 is 0. The van der Waals surface area contributed by atoms with Crippen molar-refractivity contribution >= 4 is 11.7 Å². The lowest BCUT2D eigenvalue weighted by Crippen LogP contribution is -2.19. The number of aryl methyl sites for hydroxylation is 1. The van der Waals surface area contributed by atoms with Crippen LogP contribution in [0, 0.1) is 24.5 Å². The van der Waals surface area contributed by atoms with Gasteiger partial charge in [-0.2, -0.15) is 0 Å². The Morgan fingerprint density at radius 1 is 1.15 bits per heavy atom. The number of carbonyl (C=O) groups is 1. The van der Waals surface area contributed by atoms with E-state index in [-0.39, 0.29) is 23.9 Å². The first-order valence-electron chi connectivity index (χ1n) is 12.9. The number of ether oxygens (including phenoxy) is 2. The quantitative estimate of drug-likeness (QED) is 0.295. The van der Waals surface area contributed by atoms with Crippen LogP contribution in [0.5, 0.6) is 5.75 Å². The molecular formula is C29H29F2N5O3. The van der Waals surface area contributed by atoms with Gasteiger partial charge in [-0.1, -0.05) is 18.2 Å². The Labute approximate surface area is 224 Å². The molecule has 5 rings (SSSR count). The second-order valence-corrected chi connectivity index (χ2v) is 9.57. The number of nitrogens with zero attached hydrogens (tertiary/aromatic N) is 3. The first-order chi connectivity index (χ1) is 19.0. The van der Waals surface area contributed by atoms with Crippen molar-refractivity contribution in [2.45, 2.75) is 32.6 Å². The molecule has 1 aliphatic rings. The van der Waals surface area contributed by atoms with Gasteiger partial charge in [0, 0.05) is 31.4 Å². The van der Waals surface area contributed by atoms with Gasteiger partial charge in [0.1, 0.15) is 29.0 Å². The predicted octanol–water partition coefficient (Wildman–Crippen LogP) is 5.49. The molecule has 4 aromatic rings. The number of rotatable bonds is 9. The molecule has 1 saturated heterocycles. The maximum Gasteiger partial charge on any atom is 0.296 e. The Morgan fingerprint density at radius 3 is 2.85 bits per heavy atom. The van der Waals surface area contributed by atoms with E-state index in [4.69, 9.17) is 9.47 Å². The zero-order chi connectivity index (χ0) is 27.2. The molecule has 2 aromatic carbocycles. The number of aromatic amines is 1. The molecule has 0 bridgehead atoms. The van der Waals surface area contributed by atoms with Crippen LogP contribution in [-0.4, -0.2) is 45.9 Å². The fourth-order valence-corrected chi connectivity index (χ4v) is 4.53. The summed E-state index contributed by atoms with van der Waals surface area (Å²) in [5.41, 5.74) is 2.07. The molecule has 1 unspecified atom stereocenters. The third-order valence-corrected chi connectivity index (χ3v) is 6.67. The number of H-pyrrole nitrogens is 1. The van der Waals surface area contributed by atoms with Crippen molar-refractivity contribution in [2.24, 2.45) is 5.92 Å². The Balaban J connectivity index is 1.26. The Hall–Kier alpha value is -4.18. The summed E-state index contributed by atoms with van der Waals surface area (Å²) in [6.07, 6.45) is 4.79. The van der Waals surface area contributed by atoms with Crippen molar-refractivity contribution in [3.63, 3.8) is 0 Å². The minimum atomic E-state index is -0.599. The number of hydrogen-bond donors (Lipinski definition) is 2. The fraction of sp³-hybridized carbons (Fsp3) is 0.310. The lowest BCUT2D eigenvalue weighted by Gasteiger charge is -2.22. The number of halogens is 2. The number of carbonyl (C=O) groups excluding carboxylic acids is 1. The fourth-order valence-electron chi connectivity index (χ4n) is 4.53. The molecular weight excluding hydrogens is 504 g/mol. The van der Waals surface area contributed by atoms with Crippen LogP contribution in [0.4, 0.5) is 14.6 Å². The van der Waals surface area contributed by atoms with Crippen LogP contribution in [0.25, 0.3) is 11.1 Å². The minimum Gasteiger partial charge on any atom is -0.494 e. The van der Waals surface area contributed by atoms with E-state index in [0.717, 1.165) is 38.0 Å². The van der Waals surface area contributed by atoms with Gasteiger partial charge in [0.15, 0.2) is 0 Å². The molecule has 0 aliphatic carbocycles. The molecule has 1 amide bonds. The SMILES string of the molecule is Cc1cnc(NC(=O)c2n[nH]c(Cc3ccccc3F)n2)cc1-c1cc(OCCC2CCCOC2)ccc1F. The van der Waals surface area contributed by atoms with Gasteiger partial charge in [-0.25, -0.2) is 18.7 Å². The monoisotopic (exact) mass is 533 g/mol. The third kappa shape index (κ3) is 6.64. The summed E-state index contributed by atoms with van der Waals surface area (Å²) in [4.78, 5) is 21.2. The van der Waals surface area contributed by atoms with Gasteiger partial charge in [0.25, 0.3) is 5.91 Å². The highest BCUT2D eigenvalue weighted by Crippen LogP contribution is 2.31. The highest BCUT2D eigenvalue weighted by molar-refractivity contribution is 6.01. The summed E-state index contributed by atoms with van der Waals surface area (Å²) in [6.45, 7) is 3.91. The standard InChI is InChI=1S/C29H29F2N5O3/c1-18-16-32-26(34-29(37)28-33-27(35-36-28)13-20-6-2-3-7-24(20)30)15-22(18)23-14-21(8-9-25(23)31)39-12-10-19-5-4-11-38-17-19/h2-3,6-9,14-16,19H,4-5,10-13,17H2,1H3,(H,32,34,37)(H,33,35,36). The average Bonchev–Trinajstić information content (AvgIpc) is 3.41. The Morgan fingerprint density at radius 2 is 2.03 bits per heavy atom. The lowest BCUT2D eigenvalue weighted by molar-refractivity contribution is 0.0462. The number of aromatic nitrogens is 4. The topological polar surface area (TPSA) is 102 Å². The highest BCUT2D eigenvalue weighted by Gasteiger charge is 2.18. The van der Waals surface area contributed by atoms with Gasteiger partial charge in [-0.3, -0.25) is 9.89 Å². The lowest BCUT2D eigenvalue weighted by atomic mass is 9.99. The predicted molar refractivity (Wildman–Crippen MR) is 142 cm³/mol. The molecule has 202 valence electrons. The van der Waals surface area contributed by atoms with E-state index in [9.17, 15) is 13.6 Å². The smallest absolute Gasteiger partial charge is 0.296 e. The molecule has 0 saturated carbocycles. The zero-order valence-corrected chi connectivity index (χ0v) is 21.5. The molecule has 0 radical (unpaired) electrons. The van der Waals surface area contributed by atoms with Crippen LogP contribution in [-0.2, 0) is 11.2 Å². The Kier molecular flexibility index (Phi) is 8.21. The molecule has 1 fully saturated rings. The van der Waals surface area contributed by atoms with Gasteiger partial charge < -0.3 is 14.8 Å².